The lowest BCUT2D eigenvalue weighted by Crippen LogP contribution is -2.37. The summed E-state index contributed by atoms with van der Waals surface area (Å²) in [5.74, 6) is 0.814. The van der Waals surface area contributed by atoms with Gasteiger partial charge in [-0.25, -0.2) is 0 Å². The van der Waals surface area contributed by atoms with Crippen LogP contribution in [-0.4, -0.2) is 36.3 Å². The van der Waals surface area contributed by atoms with E-state index < -0.39 is 6.10 Å². The zero-order chi connectivity index (χ0) is 16.8. The predicted octanol–water partition coefficient (Wildman–Crippen LogP) is 2.62. The van der Waals surface area contributed by atoms with Crippen LogP contribution in [0.25, 0.3) is 0 Å². The van der Waals surface area contributed by atoms with Crippen molar-refractivity contribution < 1.29 is 14.6 Å². The summed E-state index contributed by atoms with van der Waals surface area (Å²) in [7, 11) is 0. The van der Waals surface area contributed by atoms with Crippen molar-refractivity contribution in [2.75, 3.05) is 18.5 Å². The van der Waals surface area contributed by atoms with Crippen molar-refractivity contribution in [3.63, 3.8) is 0 Å². The zero-order valence-corrected chi connectivity index (χ0v) is 14.2. The topological polar surface area (TPSA) is 70.6 Å². The van der Waals surface area contributed by atoms with E-state index in [0.29, 0.717) is 19.0 Å². The largest absolute Gasteiger partial charge is 0.491 e. The van der Waals surface area contributed by atoms with E-state index in [1.54, 1.807) is 0 Å². The third-order valence-corrected chi connectivity index (χ3v) is 4.91. The van der Waals surface area contributed by atoms with E-state index in [-0.39, 0.29) is 12.5 Å². The molecule has 0 saturated heterocycles. The molecule has 3 rings (SSSR count). The van der Waals surface area contributed by atoms with Crippen LogP contribution in [-0.2, 0) is 11.2 Å². The maximum absolute atomic E-state index is 11.4. The third kappa shape index (κ3) is 4.95. The molecule has 1 unspecified atom stereocenters. The van der Waals surface area contributed by atoms with Crippen molar-refractivity contribution in [1.29, 1.82) is 0 Å². The summed E-state index contributed by atoms with van der Waals surface area (Å²) < 4.78 is 5.72. The number of aryl methyl sites for hydroxylation is 1. The third-order valence-electron chi connectivity index (χ3n) is 4.91. The summed E-state index contributed by atoms with van der Waals surface area (Å²) in [5, 5.41) is 16.5. The highest BCUT2D eigenvalue weighted by Crippen LogP contribution is 2.26. The summed E-state index contributed by atoms with van der Waals surface area (Å²) in [6.07, 6.45) is 8.42. The Hall–Kier alpha value is -1.59. The maximum atomic E-state index is 11.4. The second-order valence-corrected chi connectivity index (χ2v) is 6.93. The van der Waals surface area contributed by atoms with Crippen LogP contribution in [0.4, 0.5) is 5.69 Å². The number of anilines is 1. The van der Waals surface area contributed by atoms with Crippen LogP contribution in [0.1, 0.15) is 50.5 Å². The monoisotopic (exact) mass is 332 g/mol. The van der Waals surface area contributed by atoms with Gasteiger partial charge in [0.05, 0.1) is 0 Å². The van der Waals surface area contributed by atoms with Gasteiger partial charge in [0, 0.05) is 24.7 Å². The molecule has 0 spiro atoms. The highest BCUT2D eigenvalue weighted by molar-refractivity contribution is 5.93. The molecule has 1 heterocycles. The minimum Gasteiger partial charge on any atom is -0.491 e. The number of benzene rings is 1. The molecule has 1 atom stereocenters. The number of hydrogen-bond acceptors (Lipinski definition) is 4. The van der Waals surface area contributed by atoms with Crippen LogP contribution >= 0.6 is 0 Å². The van der Waals surface area contributed by atoms with E-state index in [0.717, 1.165) is 23.4 Å². The molecule has 5 nitrogen and oxygen atoms in total. The number of carbonyl (C=O) groups is 1. The highest BCUT2D eigenvalue weighted by Gasteiger charge is 2.16. The lowest BCUT2D eigenvalue weighted by molar-refractivity contribution is -0.116. The molecule has 0 bridgehead atoms. The molecule has 24 heavy (non-hydrogen) atoms. The smallest absolute Gasteiger partial charge is 0.224 e. The lowest BCUT2D eigenvalue weighted by atomic mass is 10.0. The van der Waals surface area contributed by atoms with Crippen molar-refractivity contribution in [2.24, 2.45) is 0 Å². The first-order chi connectivity index (χ1) is 11.7. The van der Waals surface area contributed by atoms with Gasteiger partial charge in [-0.2, -0.15) is 0 Å². The van der Waals surface area contributed by atoms with Gasteiger partial charge in [-0.1, -0.05) is 25.7 Å². The first-order valence-corrected chi connectivity index (χ1v) is 9.18. The molecule has 3 N–H and O–H groups in total. The quantitative estimate of drug-likeness (QED) is 0.700. The Labute approximate surface area is 143 Å². The van der Waals surface area contributed by atoms with Gasteiger partial charge in [0.2, 0.25) is 5.91 Å². The van der Waals surface area contributed by atoms with E-state index in [1.807, 2.05) is 18.2 Å². The van der Waals surface area contributed by atoms with E-state index in [2.05, 4.69) is 10.6 Å². The molecule has 1 aromatic carbocycles. The Bertz CT molecular complexity index is 554. The van der Waals surface area contributed by atoms with Crippen LogP contribution < -0.4 is 15.4 Å². The number of rotatable bonds is 6. The number of hydrogen-bond donors (Lipinski definition) is 3. The van der Waals surface area contributed by atoms with Gasteiger partial charge in [-0.15, -0.1) is 0 Å². The fourth-order valence-electron chi connectivity index (χ4n) is 3.49. The van der Waals surface area contributed by atoms with E-state index >= 15 is 0 Å². The Kier molecular flexibility index (Phi) is 6.10. The molecule has 0 radical (unpaired) electrons. The van der Waals surface area contributed by atoms with Crippen molar-refractivity contribution in [3.8, 4) is 5.75 Å². The summed E-state index contributed by atoms with van der Waals surface area (Å²) >= 11 is 0. The van der Waals surface area contributed by atoms with Crippen LogP contribution in [0, 0.1) is 0 Å². The van der Waals surface area contributed by atoms with Crippen molar-refractivity contribution >= 4 is 11.6 Å². The van der Waals surface area contributed by atoms with Gasteiger partial charge >= 0.3 is 0 Å². The van der Waals surface area contributed by atoms with Gasteiger partial charge in [-0.3, -0.25) is 4.79 Å². The Balaban J connectivity index is 1.42. The van der Waals surface area contributed by atoms with Crippen LogP contribution in [0.5, 0.6) is 5.75 Å². The molecule has 1 aromatic rings. The van der Waals surface area contributed by atoms with Crippen molar-refractivity contribution in [1.82, 2.24) is 5.32 Å². The highest BCUT2D eigenvalue weighted by atomic mass is 16.5. The molecule has 1 aliphatic heterocycles. The van der Waals surface area contributed by atoms with Crippen LogP contribution in [0.2, 0.25) is 0 Å². The fraction of sp³-hybridized carbons (Fsp3) is 0.632. The molecule has 5 heteroatoms. The average molecular weight is 332 g/mol. The van der Waals surface area contributed by atoms with Crippen LogP contribution in [0.15, 0.2) is 18.2 Å². The second-order valence-electron chi connectivity index (χ2n) is 6.93. The Morgan fingerprint density at radius 2 is 2.00 bits per heavy atom. The van der Waals surface area contributed by atoms with Gasteiger partial charge in [0.1, 0.15) is 18.5 Å². The number of amides is 1. The van der Waals surface area contributed by atoms with Gasteiger partial charge in [0.15, 0.2) is 0 Å². The first-order valence-electron chi connectivity index (χ1n) is 9.18. The summed E-state index contributed by atoms with van der Waals surface area (Å²) in [6.45, 7) is 0.858. The van der Waals surface area contributed by atoms with Gasteiger partial charge in [0.25, 0.3) is 0 Å². The SMILES string of the molecule is O=C1CCc2cc(OCC(O)CNC3CCCCCC3)ccc2N1. The minimum atomic E-state index is -0.510. The lowest BCUT2D eigenvalue weighted by Gasteiger charge is -2.20. The molecular formula is C19H28N2O3. The molecular weight excluding hydrogens is 304 g/mol. The number of nitrogens with one attached hydrogen (secondary N) is 2. The summed E-state index contributed by atoms with van der Waals surface area (Å²) in [6, 6.07) is 6.21. The van der Waals surface area contributed by atoms with Gasteiger partial charge < -0.3 is 20.5 Å². The Morgan fingerprint density at radius 3 is 2.79 bits per heavy atom. The van der Waals surface area contributed by atoms with Crippen molar-refractivity contribution in [3.05, 3.63) is 23.8 Å². The molecule has 2 aliphatic rings. The zero-order valence-electron chi connectivity index (χ0n) is 14.2. The molecule has 1 aliphatic carbocycles. The number of aliphatic hydroxyl groups is 1. The number of fused-ring (bicyclic) bond motifs is 1. The summed E-state index contributed by atoms with van der Waals surface area (Å²) in [5.41, 5.74) is 1.97. The van der Waals surface area contributed by atoms with E-state index in [4.69, 9.17) is 4.74 Å². The van der Waals surface area contributed by atoms with E-state index in [9.17, 15) is 9.90 Å². The molecule has 0 aromatic heterocycles. The number of ether oxygens (including phenoxy) is 1. The number of aliphatic hydroxyl groups excluding tert-OH is 1. The maximum Gasteiger partial charge on any atom is 0.224 e. The Morgan fingerprint density at radius 1 is 1.21 bits per heavy atom. The predicted molar refractivity (Wildman–Crippen MR) is 94.4 cm³/mol. The standard InChI is InChI=1S/C19H28N2O3/c22-16(12-20-15-5-3-1-2-4-6-15)13-24-17-8-9-18-14(11-17)7-10-19(23)21-18/h8-9,11,15-16,20,22H,1-7,10,12-13H2,(H,21,23). The molecule has 1 fully saturated rings. The van der Waals surface area contributed by atoms with E-state index in [1.165, 1.54) is 38.5 Å². The second kappa shape index (κ2) is 8.49. The van der Waals surface area contributed by atoms with Gasteiger partial charge in [-0.05, 0) is 43.0 Å². The normalized spacial score (nSPS) is 20.0. The van der Waals surface area contributed by atoms with Crippen LogP contribution in [0.3, 0.4) is 0 Å². The minimum absolute atomic E-state index is 0.0659. The molecule has 132 valence electrons. The fourth-order valence-corrected chi connectivity index (χ4v) is 3.49. The molecule has 1 saturated carbocycles. The summed E-state index contributed by atoms with van der Waals surface area (Å²) in [4.78, 5) is 11.4. The number of carbonyl (C=O) groups excluding carboxylic acids is 1. The van der Waals surface area contributed by atoms with Crippen molar-refractivity contribution in [2.45, 2.75) is 63.5 Å². The molecule has 1 amide bonds. The first kappa shape index (κ1) is 17.2. The average Bonchev–Trinajstić information content (AvgIpc) is 2.87.